The predicted molar refractivity (Wildman–Crippen MR) is 58.0 cm³/mol. The molecule has 84 valence electrons. The van der Waals surface area contributed by atoms with Gasteiger partial charge in [-0.2, -0.15) is 0 Å². The first-order valence-electron chi connectivity index (χ1n) is 4.37. The van der Waals surface area contributed by atoms with Crippen molar-refractivity contribution in [3.8, 4) is 11.3 Å². The molecule has 0 bridgehead atoms. The molecule has 0 spiro atoms. The number of anilines is 1. The number of nitrogens with zero attached hydrogens (tertiary/aromatic N) is 1. The zero-order valence-corrected chi connectivity index (χ0v) is 9.15. The molecule has 1 aromatic carbocycles. The van der Waals surface area contributed by atoms with Crippen LogP contribution in [0, 0.1) is 11.6 Å². The number of halogens is 2. The second-order valence-electron chi connectivity index (χ2n) is 3.09. The third kappa shape index (κ3) is 1.88. The van der Waals surface area contributed by atoms with Crippen molar-refractivity contribution in [2.24, 2.45) is 0 Å². The van der Waals surface area contributed by atoms with Crippen molar-refractivity contribution >= 4 is 17.6 Å². The molecule has 6 heteroatoms. The van der Waals surface area contributed by atoms with E-state index in [9.17, 15) is 8.78 Å². The molecular formula is C10H8F2N2OS. The van der Waals surface area contributed by atoms with E-state index in [0.717, 1.165) is 23.9 Å². The summed E-state index contributed by atoms with van der Waals surface area (Å²) in [6.07, 6.45) is 1.66. The molecule has 16 heavy (non-hydrogen) atoms. The van der Waals surface area contributed by atoms with Crippen molar-refractivity contribution in [2.75, 3.05) is 12.0 Å². The maximum absolute atomic E-state index is 13.8. The molecule has 2 rings (SSSR count). The van der Waals surface area contributed by atoms with Gasteiger partial charge in [0, 0.05) is 11.0 Å². The third-order valence-electron chi connectivity index (χ3n) is 2.02. The number of hydrogen-bond acceptors (Lipinski definition) is 4. The van der Waals surface area contributed by atoms with Crippen LogP contribution in [-0.4, -0.2) is 11.4 Å². The monoisotopic (exact) mass is 242 g/mol. The molecule has 0 fully saturated rings. The van der Waals surface area contributed by atoms with E-state index in [-0.39, 0.29) is 22.0 Å². The third-order valence-corrected chi connectivity index (χ3v) is 2.75. The molecule has 1 aromatic heterocycles. The Morgan fingerprint density at radius 1 is 1.31 bits per heavy atom. The molecule has 0 atom stereocenters. The number of aromatic nitrogens is 1. The van der Waals surface area contributed by atoms with E-state index < -0.39 is 11.6 Å². The molecule has 0 aliphatic rings. The highest BCUT2D eigenvalue weighted by atomic mass is 32.2. The van der Waals surface area contributed by atoms with Gasteiger partial charge in [-0.25, -0.2) is 8.78 Å². The first-order chi connectivity index (χ1) is 7.61. The fourth-order valence-corrected chi connectivity index (χ4v) is 1.83. The largest absolute Gasteiger partial charge is 0.381 e. The highest BCUT2D eigenvalue weighted by Crippen LogP contribution is 2.31. The molecule has 0 aliphatic heterocycles. The Morgan fingerprint density at radius 3 is 2.62 bits per heavy atom. The number of rotatable bonds is 2. The summed E-state index contributed by atoms with van der Waals surface area (Å²) in [7, 11) is 0. The van der Waals surface area contributed by atoms with E-state index in [2.05, 4.69) is 5.16 Å². The summed E-state index contributed by atoms with van der Waals surface area (Å²) in [4.78, 5) is 0.213. The number of benzene rings is 1. The number of nitrogen functional groups attached to an aromatic ring is 1. The van der Waals surface area contributed by atoms with E-state index in [1.54, 1.807) is 6.26 Å². The minimum Gasteiger partial charge on any atom is -0.381 e. The van der Waals surface area contributed by atoms with Gasteiger partial charge in [0.05, 0.1) is 5.56 Å². The Kier molecular flexibility index (Phi) is 2.82. The molecule has 0 aliphatic carbocycles. The zero-order valence-electron chi connectivity index (χ0n) is 8.33. The first-order valence-corrected chi connectivity index (χ1v) is 5.60. The lowest BCUT2D eigenvalue weighted by Crippen LogP contribution is -1.89. The van der Waals surface area contributed by atoms with E-state index in [1.807, 2.05) is 0 Å². The van der Waals surface area contributed by atoms with Gasteiger partial charge in [0.2, 0.25) is 0 Å². The van der Waals surface area contributed by atoms with Crippen molar-refractivity contribution in [1.82, 2.24) is 5.16 Å². The summed E-state index contributed by atoms with van der Waals surface area (Å²) >= 11 is 1.12. The molecule has 2 N–H and O–H groups in total. The normalized spacial score (nSPS) is 10.7. The van der Waals surface area contributed by atoms with Crippen LogP contribution in [0.25, 0.3) is 11.3 Å². The molecule has 0 unspecified atom stereocenters. The van der Waals surface area contributed by atoms with Crippen LogP contribution < -0.4 is 5.73 Å². The van der Waals surface area contributed by atoms with Crippen LogP contribution >= 0.6 is 11.8 Å². The standard InChI is InChI=1S/C10H8F2N2OS/c1-16-8-3-5(11)2-6(10(8)12)7-4-9(13)14-15-7/h2-4H,1H3,(H2,13,14). The maximum atomic E-state index is 13.8. The van der Waals surface area contributed by atoms with Gasteiger partial charge >= 0.3 is 0 Å². The smallest absolute Gasteiger partial charge is 0.172 e. The van der Waals surface area contributed by atoms with Gasteiger partial charge in [0.1, 0.15) is 11.6 Å². The predicted octanol–water partition coefficient (Wildman–Crippen LogP) is 2.92. The molecule has 0 saturated heterocycles. The highest BCUT2D eigenvalue weighted by molar-refractivity contribution is 7.98. The Bertz CT molecular complexity index is 528. The molecule has 2 aromatic rings. The Balaban J connectivity index is 2.60. The lowest BCUT2D eigenvalue weighted by Gasteiger charge is -2.03. The summed E-state index contributed by atoms with van der Waals surface area (Å²) in [5.74, 6) is -0.824. The minimum atomic E-state index is -0.537. The lowest BCUT2D eigenvalue weighted by atomic mass is 10.1. The quantitative estimate of drug-likeness (QED) is 0.822. The van der Waals surface area contributed by atoms with Crippen molar-refractivity contribution in [3.63, 3.8) is 0 Å². The summed E-state index contributed by atoms with van der Waals surface area (Å²) in [6, 6.07) is 3.53. The summed E-state index contributed by atoms with van der Waals surface area (Å²) in [5.41, 5.74) is 5.37. The SMILES string of the molecule is CSc1cc(F)cc(-c2cc(N)no2)c1F. The van der Waals surface area contributed by atoms with E-state index >= 15 is 0 Å². The van der Waals surface area contributed by atoms with Crippen LogP contribution in [0.15, 0.2) is 27.6 Å². The van der Waals surface area contributed by atoms with Crippen LogP contribution in [-0.2, 0) is 0 Å². The van der Waals surface area contributed by atoms with E-state index in [4.69, 9.17) is 10.3 Å². The number of hydrogen-bond donors (Lipinski definition) is 1. The van der Waals surface area contributed by atoms with Gasteiger partial charge in [0.25, 0.3) is 0 Å². The minimum absolute atomic E-state index is 0.0218. The van der Waals surface area contributed by atoms with Crippen LogP contribution in [0.2, 0.25) is 0 Å². The molecule has 1 heterocycles. The first kappa shape index (κ1) is 10.9. The fraction of sp³-hybridized carbons (Fsp3) is 0.100. The van der Waals surface area contributed by atoms with Crippen LogP contribution in [0.4, 0.5) is 14.6 Å². The molecule has 0 amide bonds. The topological polar surface area (TPSA) is 52.0 Å². The number of thioether (sulfide) groups is 1. The average molecular weight is 242 g/mol. The van der Waals surface area contributed by atoms with E-state index in [0.29, 0.717) is 0 Å². The van der Waals surface area contributed by atoms with Gasteiger partial charge < -0.3 is 10.3 Å². The van der Waals surface area contributed by atoms with Gasteiger partial charge in [-0.1, -0.05) is 5.16 Å². The van der Waals surface area contributed by atoms with Gasteiger partial charge in [-0.15, -0.1) is 11.8 Å². The Labute approximate surface area is 94.6 Å². The molecule has 0 saturated carbocycles. The van der Waals surface area contributed by atoms with Crippen LogP contribution in [0.5, 0.6) is 0 Å². The number of nitrogens with two attached hydrogens (primary N) is 1. The van der Waals surface area contributed by atoms with Crippen molar-refractivity contribution in [3.05, 3.63) is 29.8 Å². The zero-order chi connectivity index (χ0) is 11.7. The second kappa shape index (κ2) is 4.13. The van der Waals surface area contributed by atoms with Crippen LogP contribution in [0.3, 0.4) is 0 Å². The van der Waals surface area contributed by atoms with Gasteiger partial charge in [0.15, 0.2) is 11.6 Å². The molecular weight excluding hydrogens is 234 g/mol. The fourth-order valence-electron chi connectivity index (χ4n) is 1.31. The van der Waals surface area contributed by atoms with E-state index in [1.165, 1.54) is 6.07 Å². The van der Waals surface area contributed by atoms with Gasteiger partial charge in [-0.05, 0) is 18.4 Å². The summed E-state index contributed by atoms with van der Waals surface area (Å²) in [6.45, 7) is 0. The van der Waals surface area contributed by atoms with Crippen molar-refractivity contribution < 1.29 is 13.3 Å². The Hall–Kier alpha value is -1.56. The average Bonchev–Trinajstić information content (AvgIpc) is 2.67. The van der Waals surface area contributed by atoms with Gasteiger partial charge in [-0.3, -0.25) is 0 Å². The maximum Gasteiger partial charge on any atom is 0.172 e. The molecule has 0 radical (unpaired) electrons. The van der Waals surface area contributed by atoms with Crippen LogP contribution in [0.1, 0.15) is 0 Å². The summed E-state index contributed by atoms with van der Waals surface area (Å²) < 4.78 is 31.8. The lowest BCUT2D eigenvalue weighted by molar-refractivity contribution is 0.432. The van der Waals surface area contributed by atoms with Crippen molar-refractivity contribution in [1.29, 1.82) is 0 Å². The highest BCUT2D eigenvalue weighted by Gasteiger charge is 2.15. The Morgan fingerprint density at radius 2 is 2.06 bits per heavy atom. The summed E-state index contributed by atoms with van der Waals surface area (Å²) in [5, 5.41) is 3.43. The van der Waals surface area contributed by atoms with Crippen molar-refractivity contribution in [2.45, 2.75) is 4.90 Å². The second-order valence-corrected chi connectivity index (χ2v) is 3.93. The molecule has 3 nitrogen and oxygen atoms in total.